The van der Waals surface area contributed by atoms with Crippen molar-refractivity contribution >= 4 is 11.9 Å². The van der Waals surface area contributed by atoms with Crippen molar-refractivity contribution in [3.63, 3.8) is 0 Å². The molecule has 0 spiro atoms. The van der Waals surface area contributed by atoms with Gasteiger partial charge in [-0.1, -0.05) is 35.4 Å². The van der Waals surface area contributed by atoms with E-state index in [1.807, 2.05) is 11.0 Å². The number of benzene rings is 2. The molecule has 0 saturated carbocycles. The Hall–Kier alpha value is -3.29. The standard InChI is InChI=1S/C21H20F2N4O2/c22-15-9-10-17(23)16(13-15)19(28)24-18(14-7-3-1-4-8-14)20-25-26-21(29-20)27-11-5-2-6-12-27/h1,3-4,7-10,13,18H,2,5-6,11-12H2,(H,24,28)/t18-/m0/s1. The number of nitrogens with one attached hydrogen (secondary N) is 1. The smallest absolute Gasteiger partial charge is 0.318 e. The van der Waals surface area contributed by atoms with Crippen LogP contribution in [0, 0.1) is 11.6 Å². The molecule has 150 valence electrons. The Bertz CT molecular complexity index is 987. The zero-order chi connectivity index (χ0) is 20.2. The quantitative estimate of drug-likeness (QED) is 0.707. The van der Waals surface area contributed by atoms with Crippen molar-refractivity contribution in [2.24, 2.45) is 0 Å². The Labute approximate surface area is 166 Å². The summed E-state index contributed by atoms with van der Waals surface area (Å²) in [6, 6.07) is 11.4. The van der Waals surface area contributed by atoms with Gasteiger partial charge in [0.1, 0.15) is 17.7 Å². The minimum Gasteiger partial charge on any atom is -0.405 e. The van der Waals surface area contributed by atoms with Gasteiger partial charge in [-0.3, -0.25) is 4.79 Å². The average molecular weight is 398 g/mol. The third-order valence-electron chi connectivity index (χ3n) is 4.88. The van der Waals surface area contributed by atoms with Gasteiger partial charge in [-0.15, -0.1) is 5.10 Å². The van der Waals surface area contributed by atoms with E-state index in [0.29, 0.717) is 11.6 Å². The van der Waals surface area contributed by atoms with Gasteiger partial charge in [-0.2, -0.15) is 0 Å². The average Bonchev–Trinajstić information content (AvgIpc) is 3.25. The van der Waals surface area contributed by atoms with Gasteiger partial charge >= 0.3 is 6.01 Å². The summed E-state index contributed by atoms with van der Waals surface area (Å²) in [6.07, 6.45) is 3.27. The molecule has 1 N–H and O–H groups in total. The lowest BCUT2D eigenvalue weighted by molar-refractivity contribution is 0.0933. The van der Waals surface area contributed by atoms with E-state index in [1.165, 1.54) is 6.42 Å². The molecule has 6 nitrogen and oxygen atoms in total. The Morgan fingerprint density at radius 1 is 1.03 bits per heavy atom. The summed E-state index contributed by atoms with van der Waals surface area (Å²) in [5.41, 5.74) is 0.299. The fourth-order valence-corrected chi connectivity index (χ4v) is 3.37. The molecule has 0 bridgehead atoms. The fraction of sp³-hybridized carbons (Fsp3) is 0.286. The van der Waals surface area contributed by atoms with Crippen LogP contribution >= 0.6 is 0 Å². The van der Waals surface area contributed by atoms with Crippen LogP contribution in [0.2, 0.25) is 0 Å². The normalized spacial score (nSPS) is 15.2. The molecular weight excluding hydrogens is 378 g/mol. The lowest BCUT2D eigenvalue weighted by Gasteiger charge is -2.24. The van der Waals surface area contributed by atoms with Crippen molar-refractivity contribution in [2.45, 2.75) is 25.3 Å². The zero-order valence-electron chi connectivity index (χ0n) is 15.6. The molecule has 1 aliphatic rings. The van der Waals surface area contributed by atoms with Gasteiger partial charge in [0.15, 0.2) is 0 Å². The number of hydrogen-bond donors (Lipinski definition) is 1. The number of carbonyl (C=O) groups is 1. The van der Waals surface area contributed by atoms with Crippen LogP contribution in [0.25, 0.3) is 0 Å². The predicted octanol–water partition coefficient (Wildman–Crippen LogP) is 3.86. The van der Waals surface area contributed by atoms with Crippen LogP contribution in [0.4, 0.5) is 14.8 Å². The summed E-state index contributed by atoms with van der Waals surface area (Å²) in [7, 11) is 0. The van der Waals surface area contributed by atoms with Gasteiger partial charge in [-0.25, -0.2) is 8.78 Å². The summed E-state index contributed by atoms with van der Waals surface area (Å²) in [5.74, 6) is -2.09. The number of rotatable bonds is 5. The van der Waals surface area contributed by atoms with Crippen molar-refractivity contribution in [1.82, 2.24) is 15.5 Å². The van der Waals surface area contributed by atoms with Crippen LogP contribution in [0.5, 0.6) is 0 Å². The Morgan fingerprint density at radius 2 is 1.79 bits per heavy atom. The first-order chi connectivity index (χ1) is 14.1. The van der Waals surface area contributed by atoms with Crippen molar-refractivity contribution in [3.05, 3.63) is 77.2 Å². The molecule has 0 radical (unpaired) electrons. The molecule has 1 aromatic heterocycles. The summed E-state index contributed by atoms with van der Waals surface area (Å²) in [6.45, 7) is 1.66. The van der Waals surface area contributed by atoms with E-state index in [2.05, 4.69) is 15.5 Å². The predicted molar refractivity (Wildman–Crippen MR) is 102 cm³/mol. The maximum absolute atomic E-state index is 14.0. The van der Waals surface area contributed by atoms with Crippen LogP contribution in [0.1, 0.15) is 47.1 Å². The number of aromatic nitrogens is 2. The van der Waals surface area contributed by atoms with Crippen LogP contribution in [0.3, 0.4) is 0 Å². The van der Waals surface area contributed by atoms with Crippen LogP contribution in [-0.4, -0.2) is 29.2 Å². The lowest BCUT2D eigenvalue weighted by atomic mass is 10.1. The maximum atomic E-state index is 14.0. The van der Waals surface area contributed by atoms with E-state index in [4.69, 9.17) is 4.42 Å². The number of nitrogens with zero attached hydrogens (tertiary/aromatic N) is 3. The highest BCUT2D eigenvalue weighted by atomic mass is 19.1. The molecule has 2 heterocycles. The highest BCUT2D eigenvalue weighted by Crippen LogP contribution is 2.26. The Kier molecular flexibility index (Phi) is 5.50. The van der Waals surface area contributed by atoms with Gasteiger partial charge in [0.2, 0.25) is 5.89 Å². The highest BCUT2D eigenvalue weighted by Gasteiger charge is 2.26. The van der Waals surface area contributed by atoms with Crippen LogP contribution in [-0.2, 0) is 0 Å². The molecule has 29 heavy (non-hydrogen) atoms. The summed E-state index contributed by atoms with van der Waals surface area (Å²) in [5, 5.41) is 10.9. The first kappa shape index (κ1) is 19.0. The van der Waals surface area contributed by atoms with Crippen molar-refractivity contribution in [2.75, 3.05) is 18.0 Å². The van der Waals surface area contributed by atoms with E-state index in [1.54, 1.807) is 24.3 Å². The first-order valence-electron chi connectivity index (χ1n) is 9.51. The molecule has 0 unspecified atom stereocenters. The lowest BCUT2D eigenvalue weighted by Crippen LogP contribution is -2.30. The minimum atomic E-state index is -0.810. The largest absolute Gasteiger partial charge is 0.405 e. The molecule has 3 aromatic rings. The van der Waals surface area contributed by atoms with Gasteiger partial charge in [0.05, 0.1) is 5.56 Å². The molecular formula is C21H20F2N4O2. The number of amides is 1. The molecule has 1 saturated heterocycles. The zero-order valence-corrected chi connectivity index (χ0v) is 15.6. The molecule has 1 aliphatic heterocycles. The van der Waals surface area contributed by atoms with Crippen LogP contribution in [0.15, 0.2) is 52.9 Å². The third kappa shape index (κ3) is 4.26. The topological polar surface area (TPSA) is 71.3 Å². The fourth-order valence-electron chi connectivity index (χ4n) is 3.37. The Balaban J connectivity index is 1.63. The molecule has 2 aromatic carbocycles. The second-order valence-electron chi connectivity index (χ2n) is 6.91. The second kappa shape index (κ2) is 8.38. The van der Waals surface area contributed by atoms with Gasteiger partial charge in [-0.05, 0) is 43.0 Å². The van der Waals surface area contributed by atoms with E-state index in [-0.39, 0.29) is 11.5 Å². The summed E-state index contributed by atoms with van der Waals surface area (Å²) < 4.78 is 33.4. The molecule has 0 aliphatic carbocycles. The van der Waals surface area contributed by atoms with E-state index >= 15 is 0 Å². The van der Waals surface area contributed by atoms with Gasteiger partial charge < -0.3 is 14.6 Å². The van der Waals surface area contributed by atoms with Crippen LogP contribution < -0.4 is 10.2 Å². The summed E-state index contributed by atoms with van der Waals surface area (Å²) in [4.78, 5) is 14.7. The number of halogens is 2. The first-order valence-corrected chi connectivity index (χ1v) is 9.51. The number of carbonyl (C=O) groups excluding carboxylic acids is 1. The number of anilines is 1. The van der Waals surface area contributed by atoms with Crippen molar-refractivity contribution < 1.29 is 18.0 Å². The van der Waals surface area contributed by atoms with Crippen molar-refractivity contribution in [1.29, 1.82) is 0 Å². The molecule has 4 rings (SSSR count). The van der Waals surface area contributed by atoms with Gasteiger partial charge in [0.25, 0.3) is 5.91 Å². The van der Waals surface area contributed by atoms with Gasteiger partial charge in [0, 0.05) is 13.1 Å². The van der Waals surface area contributed by atoms with E-state index in [9.17, 15) is 13.6 Å². The highest BCUT2D eigenvalue weighted by molar-refractivity contribution is 5.94. The number of piperidine rings is 1. The SMILES string of the molecule is O=C(N[C@@H](c1ccccc1)c1nnc(N2CCCCC2)o1)c1cc(F)ccc1F. The monoisotopic (exact) mass is 398 g/mol. The molecule has 1 fully saturated rings. The molecule has 8 heteroatoms. The third-order valence-corrected chi connectivity index (χ3v) is 4.88. The molecule has 1 amide bonds. The van der Waals surface area contributed by atoms with E-state index < -0.39 is 23.6 Å². The molecule has 1 atom stereocenters. The summed E-state index contributed by atoms with van der Waals surface area (Å²) >= 11 is 0. The maximum Gasteiger partial charge on any atom is 0.318 e. The van der Waals surface area contributed by atoms with E-state index in [0.717, 1.165) is 44.1 Å². The van der Waals surface area contributed by atoms with Crippen molar-refractivity contribution in [3.8, 4) is 0 Å². The second-order valence-corrected chi connectivity index (χ2v) is 6.91. The number of hydrogen-bond acceptors (Lipinski definition) is 5. The Morgan fingerprint density at radius 3 is 2.55 bits per heavy atom. The minimum absolute atomic E-state index is 0.182.